The number of rotatable bonds is 4. The maximum atomic E-state index is 11.3. The fourth-order valence-corrected chi connectivity index (χ4v) is 2.03. The Kier molecular flexibility index (Phi) is 3.66. The van der Waals surface area contributed by atoms with Gasteiger partial charge in [-0.05, 0) is 29.7 Å². The van der Waals surface area contributed by atoms with Crippen LogP contribution in [-0.2, 0) is 6.42 Å². The van der Waals surface area contributed by atoms with Crippen LogP contribution < -0.4 is 5.73 Å². The number of hydrogen-bond donors (Lipinski definition) is 2. The Bertz CT molecular complexity index is 618. The number of carboxylic acids is 1. The van der Waals surface area contributed by atoms with E-state index in [4.69, 9.17) is 5.73 Å². The zero-order valence-electron chi connectivity index (χ0n) is 10.5. The first-order valence-corrected chi connectivity index (χ1v) is 5.95. The first kappa shape index (κ1) is 12.9. The van der Waals surface area contributed by atoms with Gasteiger partial charge in [0.1, 0.15) is 0 Å². The predicted molar refractivity (Wildman–Crippen MR) is 77.2 cm³/mol. The molecule has 0 fully saturated rings. The Hall–Kier alpha value is -2.55. The lowest BCUT2D eigenvalue weighted by atomic mass is 9.96. The van der Waals surface area contributed by atoms with E-state index in [0.717, 1.165) is 16.7 Å². The van der Waals surface area contributed by atoms with E-state index in [1.165, 1.54) is 0 Å². The minimum absolute atomic E-state index is 0.137. The molecule has 2 rings (SSSR count). The molecule has 2 aromatic rings. The summed E-state index contributed by atoms with van der Waals surface area (Å²) in [6.45, 7) is 3.68. The number of hydrogen-bond acceptors (Lipinski definition) is 2. The average molecular weight is 253 g/mol. The number of anilines is 1. The molecular weight excluding hydrogens is 238 g/mol. The second-order valence-corrected chi connectivity index (χ2v) is 4.27. The molecule has 0 aliphatic heterocycles. The Morgan fingerprint density at radius 2 is 1.95 bits per heavy atom. The Morgan fingerprint density at radius 1 is 1.26 bits per heavy atom. The molecule has 0 saturated heterocycles. The van der Waals surface area contributed by atoms with Gasteiger partial charge in [0.15, 0.2) is 0 Å². The summed E-state index contributed by atoms with van der Waals surface area (Å²) >= 11 is 0. The molecule has 0 spiro atoms. The molecule has 0 aliphatic carbocycles. The number of allylic oxidation sites excluding steroid dienone is 1. The van der Waals surface area contributed by atoms with Gasteiger partial charge in [-0.25, -0.2) is 4.79 Å². The van der Waals surface area contributed by atoms with E-state index in [-0.39, 0.29) is 5.56 Å². The van der Waals surface area contributed by atoms with Gasteiger partial charge in [-0.15, -0.1) is 6.58 Å². The van der Waals surface area contributed by atoms with Gasteiger partial charge in [-0.1, -0.05) is 36.4 Å². The number of nitrogens with two attached hydrogens (primary N) is 1. The summed E-state index contributed by atoms with van der Waals surface area (Å²) < 4.78 is 0. The third-order valence-electron chi connectivity index (χ3n) is 2.94. The van der Waals surface area contributed by atoms with Crippen LogP contribution in [0.4, 0.5) is 5.69 Å². The highest BCUT2D eigenvalue weighted by molar-refractivity contribution is 5.98. The summed E-state index contributed by atoms with van der Waals surface area (Å²) in [5.41, 5.74) is 8.96. The van der Waals surface area contributed by atoms with Crippen molar-refractivity contribution in [1.82, 2.24) is 0 Å². The maximum absolute atomic E-state index is 11.3. The van der Waals surface area contributed by atoms with Gasteiger partial charge in [-0.3, -0.25) is 0 Å². The van der Waals surface area contributed by atoms with Crippen molar-refractivity contribution in [3.63, 3.8) is 0 Å². The normalized spacial score (nSPS) is 10.1. The van der Waals surface area contributed by atoms with Gasteiger partial charge in [0.25, 0.3) is 0 Å². The van der Waals surface area contributed by atoms with Crippen LogP contribution >= 0.6 is 0 Å². The van der Waals surface area contributed by atoms with Gasteiger partial charge >= 0.3 is 5.97 Å². The van der Waals surface area contributed by atoms with Crippen molar-refractivity contribution < 1.29 is 9.90 Å². The third kappa shape index (κ3) is 2.65. The molecule has 96 valence electrons. The van der Waals surface area contributed by atoms with Crippen molar-refractivity contribution in [2.24, 2.45) is 0 Å². The second-order valence-electron chi connectivity index (χ2n) is 4.27. The smallest absolute Gasteiger partial charge is 0.337 e. The number of aromatic carboxylic acids is 1. The highest BCUT2D eigenvalue weighted by Gasteiger charge is 2.14. The van der Waals surface area contributed by atoms with Crippen molar-refractivity contribution >= 4 is 11.7 Å². The van der Waals surface area contributed by atoms with Gasteiger partial charge in [-0.2, -0.15) is 0 Å². The summed E-state index contributed by atoms with van der Waals surface area (Å²) in [4.78, 5) is 11.3. The van der Waals surface area contributed by atoms with Crippen LogP contribution in [0, 0.1) is 0 Å². The topological polar surface area (TPSA) is 63.3 Å². The molecule has 0 saturated carbocycles. The zero-order chi connectivity index (χ0) is 13.8. The van der Waals surface area contributed by atoms with E-state index in [0.29, 0.717) is 12.1 Å². The molecule has 0 bridgehead atoms. The summed E-state index contributed by atoms with van der Waals surface area (Å²) in [5, 5.41) is 9.22. The number of carbonyl (C=O) groups is 1. The first-order valence-electron chi connectivity index (χ1n) is 5.95. The van der Waals surface area contributed by atoms with Crippen LogP contribution in [0.25, 0.3) is 11.1 Å². The molecule has 0 aliphatic rings. The first-order chi connectivity index (χ1) is 9.13. The van der Waals surface area contributed by atoms with Crippen LogP contribution in [0.2, 0.25) is 0 Å². The lowest BCUT2D eigenvalue weighted by Crippen LogP contribution is -2.05. The van der Waals surface area contributed by atoms with Crippen LogP contribution in [0.5, 0.6) is 0 Å². The molecule has 0 heterocycles. The summed E-state index contributed by atoms with van der Waals surface area (Å²) in [6, 6.07) is 13.0. The quantitative estimate of drug-likeness (QED) is 0.648. The van der Waals surface area contributed by atoms with Gasteiger partial charge < -0.3 is 10.8 Å². The van der Waals surface area contributed by atoms with Crippen molar-refractivity contribution in [2.75, 3.05) is 5.73 Å². The minimum Gasteiger partial charge on any atom is -0.478 e. The van der Waals surface area contributed by atoms with Crippen molar-refractivity contribution in [3.8, 4) is 11.1 Å². The fraction of sp³-hybridized carbons (Fsp3) is 0.0625. The van der Waals surface area contributed by atoms with Crippen molar-refractivity contribution in [1.29, 1.82) is 0 Å². The SMILES string of the molecule is C=CCc1cc(C(=O)O)c(N)c(-c2ccccc2)c1. The molecular formula is C16H15NO2. The largest absolute Gasteiger partial charge is 0.478 e. The van der Waals surface area contributed by atoms with Gasteiger partial charge in [0, 0.05) is 5.56 Å². The Morgan fingerprint density at radius 3 is 2.53 bits per heavy atom. The van der Waals surface area contributed by atoms with Crippen LogP contribution in [0.1, 0.15) is 15.9 Å². The number of carboxylic acid groups (broad SMARTS) is 1. The van der Waals surface area contributed by atoms with E-state index < -0.39 is 5.97 Å². The molecule has 0 amide bonds. The molecule has 0 radical (unpaired) electrons. The maximum Gasteiger partial charge on any atom is 0.337 e. The van der Waals surface area contributed by atoms with Crippen LogP contribution in [0.3, 0.4) is 0 Å². The Balaban J connectivity index is 2.65. The predicted octanol–water partition coefficient (Wildman–Crippen LogP) is 3.36. The number of nitrogen functional groups attached to an aromatic ring is 1. The summed E-state index contributed by atoms with van der Waals surface area (Å²) in [7, 11) is 0. The second kappa shape index (κ2) is 5.40. The highest BCUT2D eigenvalue weighted by Crippen LogP contribution is 2.30. The van der Waals surface area contributed by atoms with E-state index in [2.05, 4.69) is 6.58 Å². The highest BCUT2D eigenvalue weighted by atomic mass is 16.4. The molecule has 3 heteroatoms. The van der Waals surface area contributed by atoms with Crippen LogP contribution in [0.15, 0.2) is 55.1 Å². The minimum atomic E-state index is -1.01. The molecule has 19 heavy (non-hydrogen) atoms. The molecule has 0 aromatic heterocycles. The molecule has 3 nitrogen and oxygen atoms in total. The standard InChI is InChI=1S/C16H15NO2/c1-2-6-11-9-13(12-7-4-3-5-8-12)15(17)14(10-11)16(18)19/h2-5,7-10H,1,6,17H2,(H,18,19). The van der Waals surface area contributed by atoms with Crippen molar-refractivity contribution in [3.05, 3.63) is 66.2 Å². The lowest BCUT2D eigenvalue weighted by Gasteiger charge is -2.11. The monoisotopic (exact) mass is 253 g/mol. The molecule has 2 aromatic carbocycles. The molecule has 3 N–H and O–H groups in total. The average Bonchev–Trinajstić information content (AvgIpc) is 2.41. The van der Waals surface area contributed by atoms with Crippen LogP contribution in [-0.4, -0.2) is 11.1 Å². The van der Waals surface area contributed by atoms with E-state index in [1.807, 2.05) is 36.4 Å². The molecule has 0 atom stereocenters. The van der Waals surface area contributed by atoms with E-state index in [9.17, 15) is 9.90 Å². The number of benzene rings is 2. The van der Waals surface area contributed by atoms with Crippen molar-refractivity contribution in [2.45, 2.75) is 6.42 Å². The molecule has 0 unspecified atom stereocenters. The van der Waals surface area contributed by atoms with Gasteiger partial charge in [0.2, 0.25) is 0 Å². The van der Waals surface area contributed by atoms with E-state index >= 15 is 0 Å². The fourth-order valence-electron chi connectivity index (χ4n) is 2.03. The third-order valence-corrected chi connectivity index (χ3v) is 2.94. The lowest BCUT2D eigenvalue weighted by molar-refractivity contribution is 0.0698. The van der Waals surface area contributed by atoms with Gasteiger partial charge in [0.05, 0.1) is 11.3 Å². The summed E-state index contributed by atoms with van der Waals surface area (Å²) in [5.74, 6) is -1.01. The summed E-state index contributed by atoms with van der Waals surface area (Å²) in [6.07, 6.45) is 2.35. The van der Waals surface area contributed by atoms with E-state index in [1.54, 1.807) is 12.1 Å². The Labute approximate surface area is 112 Å². The zero-order valence-corrected chi connectivity index (χ0v) is 10.5.